The first-order valence-electron chi connectivity index (χ1n) is 7.69. The van der Waals surface area contributed by atoms with Crippen LogP contribution in [-0.2, 0) is 25.6 Å². The van der Waals surface area contributed by atoms with Gasteiger partial charge in [0.05, 0.1) is 12.5 Å². The average molecular weight is 347 g/mol. The third-order valence-electron chi connectivity index (χ3n) is 4.42. The summed E-state index contributed by atoms with van der Waals surface area (Å²) in [4.78, 5) is 49.5. The third-order valence-corrected chi connectivity index (χ3v) is 4.42. The van der Waals surface area contributed by atoms with Crippen LogP contribution in [0.5, 0.6) is 5.75 Å². The van der Waals surface area contributed by atoms with Gasteiger partial charge in [-0.1, -0.05) is 12.1 Å². The molecule has 3 atom stereocenters. The van der Waals surface area contributed by atoms with Crippen molar-refractivity contribution in [3.63, 3.8) is 0 Å². The molecule has 2 aliphatic rings. The molecule has 3 amide bonds. The number of carboxylic acid groups (broad SMARTS) is 1. The van der Waals surface area contributed by atoms with E-state index in [0.717, 1.165) is 9.80 Å². The van der Waals surface area contributed by atoms with Gasteiger partial charge in [0.2, 0.25) is 23.9 Å². The van der Waals surface area contributed by atoms with Crippen molar-refractivity contribution in [1.29, 1.82) is 0 Å². The van der Waals surface area contributed by atoms with E-state index in [0.29, 0.717) is 5.56 Å². The van der Waals surface area contributed by atoms with Crippen molar-refractivity contribution in [1.82, 2.24) is 15.1 Å². The SMILES string of the molecule is CC(=O)N1CC2[C@@H](NC(=O)Cc3cccc(O)c3)C(=O)N2C1C(=O)O. The zero-order valence-corrected chi connectivity index (χ0v) is 13.4. The zero-order chi connectivity index (χ0) is 18.3. The second-order valence-electron chi connectivity index (χ2n) is 6.09. The van der Waals surface area contributed by atoms with Crippen molar-refractivity contribution in [2.45, 2.75) is 31.6 Å². The van der Waals surface area contributed by atoms with E-state index in [2.05, 4.69) is 5.32 Å². The molecule has 0 aromatic heterocycles. The van der Waals surface area contributed by atoms with Gasteiger partial charge in [-0.15, -0.1) is 0 Å². The molecule has 2 unspecified atom stereocenters. The van der Waals surface area contributed by atoms with E-state index >= 15 is 0 Å². The van der Waals surface area contributed by atoms with Crippen molar-refractivity contribution in [2.75, 3.05) is 6.54 Å². The monoisotopic (exact) mass is 347 g/mol. The van der Waals surface area contributed by atoms with Gasteiger partial charge < -0.3 is 25.3 Å². The molecule has 0 aliphatic carbocycles. The van der Waals surface area contributed by atoms with E-state index in [-0.39, 0.29) is 18.7 Å². The van der Waals surface area contributed by atoms with Crippen molar-refractivity contribution in [3.8, 4) is 5.75 Å². The number of amides is 3. The second kappa shape index (κ2) is 6.08. The first-order valence-corrected chi connectivity index (χ1v) is 7.69. The number of nitrogens with one attached hydrogen (secondary N) is 1. The quantitative estimate of drug-likeness (QED) is 0.594. The maximum atomic E-state index is 12.2. The first kappa shape index (κ1) is 16.7. The molecule has 2 aliphatic heterocycles. The fourth-order valence-electron chi connectivity index (χ4n) is 3.30. The molecule has 9 heteroatoms. The van der Waals surface area contributed by atoms with Gasteiger partial charge in [0.15, 0.2) is 0 Å². The molecule has 3 N–H and O–H groups in total. The van der Waals surface area contributed by atoms with E-state index in [9.17, 15) is 29.4 Å². The maximum absolute atomic E-state index is 12.2. The Balaban J connectivity index is 1.67. The highest BCUT2D eigenvalue weighted by Crippen LogP contribution is 2.32. The number of phenols is 1. The summed E-state index contributed by atoms with van der Waals surface area (Å²) < 4.78 is 0. The fraction of sp³-hybridized carbons (Fsp3) is 0.375. The second-order valence-corrected chi connectivity index (χ2v) is 6.09. The van der Waals surface area contributed by atoms with Crippen molar-refractivity contribution >= 4 is 23.7 Å². The number of carboxylic acids is 1. The zero-order valence-electron chi connectivity index (χ0n) is 13.4. The number of fused-ring (bicyclic) bond motifs is 1. The molecule has 0 bridgehead atoms. The van der Waals surface area contributed by atoms with Crippen LogP contribution in [0.3, 0.4) is 0 Å². The minimum absolute atomic E-state index is 0.0241. The number of nitrogens with zero attached hydrogens (tertiary/aromatic N) is 2. The van der Waals surface area contributed by atoms with Crippen LogP contribution in [0.4, 0.5) is 0 Å². The van der Waals surface area contributed by atoms with Gasteiger partial charge in [-0.05, 0) is 17.7 Å². The number of carbonyl (C=O) groups is 4. The van der Waals surface area contributed by atoms with Gasteiger partial charge in [-0.2, -0.15) is 0 Å². The van der Waals surface area contributed by atoms with E-state index in [1.165, 1.54) is 19.1 Å². The largest absolute Gasteiger partial charge is 0.508 e. The minimum Gasteiger partial charge on any atom is -0.508 e. The van der Waals surface area contributed by atoms with Crippen LogP contribution >= 0.6 is 0 Å². The van der Waals surface area contributed by atoms with Crippen LogP contribution in [0.1, 0.15) is 12.5 Å². The van der Waals surface area contributed by atoms with Gasteiger partial charge in [0.1, 0.15) is 11.8 Å². The van der Waals surface area contributed by atoms with Crippen molar-refractivity contribution in [3.05, 3.63) is 29.8 Å². The third kappa shape index (κ3) is 2.88. The Kier molecular flexibility index (Phi) is 4.07. The highest BCUT2D eigenvalue weighted by Gasteiger charge is 2.60. The highest BCUT2D eigenvalue weighted by atomic mass is 16.4. The molecule has 2 fully saturated rings. The highest BCUT2D eigenvalue weighted by molar-refractivity contribution is 5.98. The molecule has 9 nitrogen and oxygen atoms in total. The molecule has 0 spiro atoms. The normalized spacial score (nSPS) is 24.5. The topological polar surface area (TPSA) is 127 Å². The number of aromatic hydroxyl groups is 1. The maximum Gasteiger partial charge on any atom is 0.347 e. The average Bonchev–Trinajstić information content (AvgIpc) is 2.89. The molecule has 0 saturated carbocycles. The molecule has 1 aromatic rings. The summed E-state index contributed by atoms with van der Waals surface area (Å²) in [6.07, 6.45) is -1.35. The molecule has 2 saturated heterocycles. The first-order chi connectivity index (χ1) is 11.8. The van der Waals surface area contributed by atoms with Crippen molar-refractivity contribution < 1.29 is 29.4 Å². The molecule has 0 radical (unpaired) electrons. The number of hydrogen-bond acceptors (Lipinski definition) is 5. The Labute approximate surface area is 142 Å². The van der Waals surface area contributed by atoms with Crippen LogP contribution in [0, 0.1) is 0 Å². The number of benzene rings is 1. The summed E-state index contributed by atoms with van der Waals surface area (Å²) >= 11 is 0. The summed E-state index contributed by atoms with van der Waals surface area (Å²) in [6, 6.07) is 4.80. The Morgan fingerprint density at radius 1 is 1.32 bits per heavy atom. The van der Waals surface area contributed by atoms with Crippen LogP contribution in [-0.4, -0.2) is 68.5 Å². The minimum atomic E-state index is -1.32. The van der Waals surface area contributed by atoms with E-state index in [1.807, 2.05) is 0 Å². The summed E-state index contributed by atoms with van der Waals surface area (Å²) in [5.74, 6) is -2.63. The number of phenolic OH excluding ortho intramolecular Hbond substituents is 1. The Bertz CT molecular complexity index is 764. The number of carbonyl (C=O) groups excluding carboxylic acids is 3. The Morgan fingerprint density at radius 2 is 2.04 bits per heavy atom. The van der Waals surface area contributed by atoms with Gasteiger partial charge in [0, 0.05) is 13.5 Å². The molecule has 2 heterocycles. The number of aliphatic carboxylic acids is 1. The lowest BCUT2D eigenvalue weighted by Gasteiger charge is -2.43. The van der Waals surface area contributed by atoms with Crippen LogP contribution in [0.15, 0.2) is 24.3 Å². The van der Waals surface area contributed by atoms with Gasteiger partial charge in [-0.3, -0.25) is 14.4 Å². The predicted molar refractivity (Wildman–Crippen MR) is 83.2 cm³/mol. The lowest BCUT2D eigenvalue weighted by molar-refractivity contribution is -0.165. The lowest BCUT2D eigenvalue weighted by atomic mass is 9.96. The predicted octanol–water partition coefficient (Wildman–Crippen LogP) is -1.10. The molecular formula is C16H17N3O6. The Hall–Kier alpha value is -3.10. The fourth-order valence-corrected chi connectivity index (χ4v) is 3.30. The van der Waals surface area contributed by atoms with E-state index in [4.69, 9.17) is 0 Å². The van der Waals surface area contributed by atoms with Gasteiger partial charge in [0.25, 0.3) is 0 Å². The molecule has 25 heavy (non-hydrogen) atoms. The number of hydrogen-bond donors (Lipinski definition) is 3. The Morgan fingerprint density at radius 3 is 2.64 bits per heavy atom. The van der Waals surface area contributed by atoms with Gasteiger partial charge >= 0.3 is 5.97 Å². The summed E-state index contributed by atoms with van der Waals surface area (Å²) in [5, 5.41) is 21.3. The van der Waals surface area contributed by atoms with Crippen LogP contribution in [0.25, 0.3) is 0 Å². The number of β-lactam (4-membered cyclic amide) rings is 1. The van der Waals surface area contributed by atoms with Crippen molar-refractivity contribution in [2.24, 2.45) is 0 Å². The van der Waals surface area contributed by atoms with E-state index < -0.39 is 41.9 Å². The molecule has 3 rings (SSSR count). The van der Waals surface area contributed by atoms with Crippen LogP contribution in [0.2, 0.25) is 0 Å². The summed E-state index contributed by atoms with van der Waals surface area (Å²) in [6.45, 7) is 1.30. The summed E-state index contributed by atoms with van der Waals surface area (Å²) in [7, 11) is 0. The summed E-state index contributed by atoms with van der Waals surface area (Å²) in [5.41, 5.74) is 0.585. The number of rotatable bonds is 4. The van der Waals surface area contributed by atoms with Gasteiger partial charge in [-0.25, -0.2) is 4.79 Å². The standard InChI is InChI=1S/C16H17N3O6/c1-8(20)18-7-11-13(15(23)19(11)14(18)16(24)25)17-12(22)6-9-3-2-4-10(21)5-9/h2-5,11,13-14,21H,6-7H2,1H3,(H,17,22)(H,24,25)/t11?,13-,14?/m1/s1. The smallest absolute Gasteiger partial charge is 0.347 e. The molecular weight excluding hydrogens is 330 g/mol. The lowest BCUT2D eigenvalue weighted by Crippen LogP contribution is -2.71. The van der Waals surface area contributed by atoms with E-state index in [1.54, 1.807) is 12.1 Å². The van der Waals surface area contributed by atoms with Crippen LogP contribution < -0.4 is 5.32 Å². The molecule has 132 valence electrons. The molecule has 1 aromatic carbocycles.